The molecule has 1 heterocycles. The molecule has 96 valence electrons. The van der Waals surface area contributed by atoms with E-state index >= 15 is 0 Å². The SMILES string of the molecule is O=C(CSc1ccccc1)N[C@H]1CCCNC1=O. The number of piperidine rings is 1. The van der Waals surface area contributed by atoms with Crippen LogP contribution in [0.2, 0.25) is 0 Å². The lowest BCUT2D eigenvalue weighted by Gasteiger charge is -2.22. The molecule has 2 N–H and O–H groups in total. The van der Waals surface area contributed by atoms with Crippen molar-refractivity contribution in [3.8, 4) is 0 Å². The summed E-state index contributed by atoms with van der Waals surface area (Å²) in [4.78, 5) is 24.2. The first-order valence-corrected chi connectivity index (χ1v) is 6.99. The maximum absolute atomic E-state index is 11.7. The maximum atomic E-state index is 11.7. The number of thioether (sulfide) groups is 1. The van der Waals surface area contributed by atoms with E-state index in [0.717, 1.165) is 17.7 Å². The summed E-state index contributed by atoms with van der Waals surface area (Å²) in [6.45, 7) is 0.712. The van der Waals surface area contributed by atoms with Crippen molar-refractivity contribution < 1.29 is 9.59 Å². The number of nitrogens with one attached hydrogen (secondary N) is 2. The molecule has 4 nitrogen and oxygen atoms in total. The van der Waals surface area contributed by atoms with Crippen LogP contribution in [0.25, 0.3) is 0 Å². The molecule has 0 saturated carbocycles. The lowest BCUT2D eigenvalue weighted by molar-refractivity contribution is -0.129. The largest absolute Gasteiger partial charge is 0.354 e. The van der Waals surface area contributed by atoms with Crippen molar-refractivity contribution in [3.63, 3.8) is 0 Å². The van der Waals surface area contributed by atoms with Crippen LogP contribution in [0.3, 0.4) is 0 Å². The fraction of sp³-hybridized carbons (Fsp3) is 0.385. The Hall–Kier alpha value is -1.49. The Balaban J connectivity index is 1.76. The zero-order valence-corrected chi connectivity index (χ0v) is 10.8. The molecule has 0 unspecified atom stereocenters. The Morgan fingerprint density at radius 1 is 1.39 bits per heavy atom. The normalized spacial score (nSPS) is 19.1. The smallest absolute Gasteiger partial charge is 0.242 e. The highest BCUT2D eigenvalue weighted by Crippen LogP contribution is 2.16. The van der Waals surface area contributed by atoms with E-state index in [0.29, 0.717) is 12.3 Å². The molecule has 5 heteroatoms. The Kier molecular flexibility index (Phi) is 4.64. The van der Waals surface area contributed by atoms with Gasteiger partial charge in [0.15, 0.2) is 0 Å². The second kappa shape index (κ2) is 6.44. The van der Waals surface area contributed by atoms with Gasteiger partial charge in [0.2, 0.25) is 11.8 Å². The van der Waals surface area contributed by atoms with E-state index in [1.807, 2.05) is 30.3 Å². The average molecular weight is 264 g/mol. The standard InChI is InChI=1S/C13H16N2O2S/c16-12(9-18-10-5-2-1-3-6-10)15-11-7-4-8-14-13(11)17/h1-3,5-6,11H,4,7-9H2,(H,14,17)(H,15,16)/t11-/m0/s1. The fourth-order valence-electron chi connectivity index (χ4n) is 1.81. The number of rotatable bonds is 4. The minimum atomic E-state index is -0.359. The molecule has 1 aliphatic rings. The quantitative estimate of drug-likeness (QED) is 0.803. The fourth-order valence-corrected chi connectivity index (χ4v) is 2.54. The highest BCUT2D eigenvalue weighted by molar-refractivity contribution is 8.00. The van der Waals surface area contributed by atoms with Gasteiger partial charge in [-0.1, -0.05) is 18.2 Å². The van der Waals surface area contributed by atoms with E-state index in [2.05, 4.69) is 10.6 Å². The van der Waals surface area contributed by atoms with Crippen LogP contribution in [0.5, 0.6) is 0 Å². The van der Waals surface area contributed by atoms with E-state index in [4.69, 9.17) is 0 Å². The number of hydrogen-bond donors (Lipinski definition) is 2. The van der Waals surface area contributed by atoms with Gasteiger partial charge in [-0.2, -0.15) is 0 Å². The van der Waals surface area contributed by atoms with Gasteiger partial charge in [-0.3, -0.25) is 9.59 Å². The number of benzene rings is 1. The van der Waals surface area contributed by atoms with E-state index < -0.39 is 0 Å². The van der Waals surface area contributed by atoms with Crippen LogP contribution < -0.4 is 10.6 Å². The Labute approximate surface area is 111 Å². The minimum Gasteiger partial charge on any atom is -0.354 e. The predicted octanol–water partition coefficient (Wildman–Crippen LogP) is 1.17. The second-order valence-electron chi connectivity index (χ2n) is 4.16. The molecule has 2 amide bonds. The molecule has 2 rings (SSSR count). The summed E-state index contributed by atoms with van der Waals surface area (Å²) in [5.41, 5.74) is 0. The molecule has 18 heavy (non-hydrogen) atoms. The van der Waals surface area contributed by atoms with Gasteiger partial charge in [0.25, 0.3) is 0 Å². The molecule has 0 bridgehead atoms. The van der Waals surface area contributed by atoms with E-state index in [9.17, 15) is 9.59 Å². The third-order valence-electron chi connectivity index (χ3n) is 2.73. The van der Waals surface area contributed by atoms with Gasteiger partial charge in [-0.05, 0) is 25.0 Å². The molecule has 0 spiro atoms. The van der Waals surface area contributed by atoms with E-state index in [-0.39, 0.29) is 17.9 Å². The summed E-state index contributed by atoms with van der Waals surface area (Å²) < 4.78 is 0. The topological polar surface area (TPSA) is 58.2 Å². The van der Waals surface area contributed by atoms with Crippen LogP contribution in [-0.2, 0) is 9.59 Å². The van der Waals surface area contributed by atoms with Gasteiger partial charge >= 0.3 is 0 Å². The van der Waals surface area contributed by atoms with Crippen molar-refractivity contribution in [2.45, 2.75) is 23.8 Å². The van der Waals surface area contributed by atoms with Gasteiger partial charge < -0.3 is 10.6 Å². The highest BCUT2D eigenvalue weighted by Gasteiger charge is 2.23. The summed E-state index contributed by atoms with van der Waals surface area (Å²) in [5.74, 6) is 0.179. The summed E-state index contributed by atoms with van der Waals surface area (Å²) in [7, 11) is 0. The number of carbonyl (C=O) groups excluding carboxylic acids is 2. The van der Waals surface area contributed by atoms with E-state index in [1.54, 1.807) is 0 Å². The summed E-state index contributed by atoms with van der Waals surface area (Å²) in [6.07, 6.45) is 1.65. The lowest BCUT2D eigenvalue weighted by Crippen LogP contribution is -2.50. The molecule has 0 radical (unpaired) electrons. The third kappa shape index (κ3) is 3.77. The van der Waals surface area contributed by atoms with Crippen LogP contribution in [-0.4, -0.2) is 30.2 Å². The van der Waals surface area contributed by atoms with Gasteiger partial charge in [-0.15, -0.1) is 11.8 Å². The zero-order valence-electron chi connectivity index (χ0n) is 10.0. The average Bonchev–Trinajstić information content (AvgIpc) is 2.40. The molecule has 0 aliphatic carbocycles. The van der Waals surface area contributed by atoms with Gasteiger partial charge in [-0.25, -0.2) is 0 Å². The Morgan fingerprint density at radius 3 is 2.89 bits per heavy atom. The molecule has 1 fully saturated rings. The molecule has 0 aromatic heterocycles. The molecule has 1 aromatic carbocycles. The third-order valence-corrected chi connectivity index (χ3v) is 3.75. The van der Waals surface area contributed by atoms with Gasteiger partial charge in [0.1, 0.15) is 6.04 Å². The van der Waals surface area contributed by atoms with Crippen molar-refractivity contribution in [2.24, 2.45) is 0 Å². The van der Waals surface area contributed by atoms with E-state index in [1.165, 1.54) is 11.8 Å². The monoisotopic (exact) mass is 264 g/mol. The second-order valence-corrected chi connectivity index (χ2v) is 5.20. The number of hydrogen-bond acceptors (Lipinski definition) is 3. The van der Waals surface area contributed by atoms with Crippen molar-refractivity contribution in [1.82, 2.24) is 10.6 Å². The van der Waals surface area contributed by atoms with Gasteiger partial charge in [0.05, 0.1) is 5.75 Å². The summed E-state index contributed by atoms with van der Waals surface area (Å²) in [5, 5.41) is 5.52. The Bertz CT molecular complexity index is 422. The summed E-state index contributed by atoms with van der Waals surface area (Å²) in [6, 6.07) is 9.39. The van der Waals surface area contributed by atoms with Crippen molar-refractivity contribution >= 4 is 23.6 Å². The Morgan fingerprint density at radius 2 is 2.17 bits per heavy atom. The molecular weight excluding hydrogens is 248 g/mol. The van der Waals surface area contributed by atoms with Crippen LogP contribution >= 0.6 is 11.8 Å². The first-order valence-electron chi connectivity index (χ1n) is 6.00. The van der Waals surface area contributed by atoms with Crippen LogP contribution in [0.15, 0.2) is 35.2 Å². The number of amides is 2. The maximum Gasteiger partial charge on any atom is 0.242 e. The van der Waals surface area contributed by atoms with Crippen molar-refractivity contribution in [1.29, 1.82) is 0 Å². The van der Waals surface area contributed by atoms with Crippen LogP contribution in [0, 0.1) is 0 Å². The summed E-state index contributed by atoms with van der Waals surface area (Å²) >= 11 is 1.47. The molecule has 1 atom stereocenters. The molecule has 1 aliphatic heterocycles. The minimum absolute atomic E-state index is 0.0701. The van der Waals surface area contributed by atoms with Crippen molar-refractivity contribution in [2.75, 3.05) is 12.3 Å². The van der Waals surface area contributed by atoms with Gasteiger partial charge in [0, 0.05) is 11.4 Å². The van der Waals surface area contributed by atoms with Crippen molar-refractivity contribution in [3.05, 3.63) is 30.3 Å². The highest BCUT2D eigenvalue weighted by atomic mass is 32.2. The van der Waals surface area contributed by atoms with Crippen LogP contribution in [0.4, 0.5) is 0 Å². The molecule has 1 aromatic rings. The lowest BCUT2D eigenvalue weighted by atomic mass is 10.1. The molecular formula is C13H16N2O2S. The molecule has 1 saturated heterocycles. The zero-order chi connectivity index (χ0) is 12.8. The number of carbonyl (C=O) groups is 2. The predicted molar refractivity (Wildman–Crippen MR) is 71.3 cm³/mol. The van der Waals surface area contributed by atoms with Crippen LogP contribution in [0.1, 0.15) is 12.8 Å². The first kappa shape index (κ1) is 13.0. The first-order chi connectivity index (χ1) is 8.75.